The average molecular weight is 326 g/mol. The average Bonchev–Trinajstić information content (AvgIpc) is 2.53. The van der Waals surface area contributed by atoms with E-state index in [1.807, 2.05) is 31.2 Å². The molecule has 1 amide bonds. The monoisotopic (exact) mass is 325 g/mol. The Bertz CT molecular complexity index is 619. The van der Waals surface area contributed by atoms with Crippen LogP contribution in [0.2, 0.25) is 19.6 Å². The van der Waals surface area contributed by atoms with E-state index in [9.17, 15) is 4.79 Å². The maximum absolute atomic E-state index is 12.6. The maximum atomic E-state index is 12.6. The molecule has 0 aliphatic rings. The van der Waals surface area contributed by atoms with Gasteiger partial charge in [0.15, 0.2) is 0 Å². The number of rotatable bonds is 6. The van der Waals surface area contributed by atoms with Gasteiger partial charge in [-0.05, 0) is 23.6 Å². The van der Waals surface area contributed by atoms with Crippen molar-refractivity contribution in [2.24, 2.45) is 0 Å². The number of nitrogens with one attached hydrogen (secondary N) is 1. The van der Waals surface area contributed by atoms with Gasteiger partial charge in [-0.3, -0.25) is 4.79 Å². The Morgan fingerprint density at radius 2 is 1.39 bits per heavy atom. The van der Waals surface area contributed by atoms with Crippen LogP contribution in [0.25, 0.3) is 0 Å². The Labute approximate surface area is 141 Å². The van der Waals surface area contributed by atoms with Crippen molar-refractivity contribution in [3.05, 3.63) is 71.8 Å². The molecule has 0 unspecified atom stereocenters. The van der Waals surface area contributed by atoms with Crippen molar-refractivity contribution in [1.82, 2.24) is 5.32 Å². The molecule has 122 valence electrons. The topological polar surface area (TPSA) is 29.1 Å². The van der Waals surface area contributed by atoms with E-state index >= 15 is 0 Å². The van der Waals surface area contributed by atoms with Crippen LogP contribution in [-0.4, -0.2) is 14.0 Å². The summed E-state index contributed by atoms with van der Waals surface area (Å²) in [4.78, 5) is 12.6. The van der Waals surface area contributed by atoms with Crippen LogP contribution in [0.5, 0.6) is 0 Å². The first-order valence-electron chi connectivity index (χ1n) is 8.27. The predicted octanol–water partition coefficient (Wildman–Crippen LogP) is 4.92. The van der Waals surface area contributed by atoms with Crippen LogP contribution >= 0.6 is 0 Å². The third-order valence-electron chi connectivity index (χ3n) is 4.31. The van der Waals surface area contributed by atoms with Gasteiger partial charge in [-0.25, -0.2) is 0 Å². The Hall–Kier alpha value is -1.87. The number of hydrogen-bond acceptors (Lipinski definition) is 1. The van der Waals surface area contributed by atoms with E-state index in [0.29, 0.717) is 12.0 Å². The summed E-state index contributed by atoms with van der Waals surface area (Å²) in [5.74, 6) is 0.137. The van der Waals surface area contributed by atoms with E-state index in [-0.39, 0.29) is 11.9 Å². The second-order valence-electron chi connectivity index (χ2n) is 7.23. The molecule has 0 radical (unpaired) electrons. The van der Waals surface area contributed by atoms with E-state index in [0.717, 1.165) is 5.56 Å². The molecule has 2 rings (SSSR count). The first-order chi connectivity index (χ1) is 10.9. The summed E-state index contributed by atoms with van der Waals surface area (Å²) >= 11 is 0. The largest absolute Gasteiger partial charge is 0.350 e. The highest BCUT2D eigenvalue weighted by atomic mass is 28.3. The fourth-order valence-electron chi connectivity index (χ4n) is 2.92. The molecule has 2 nitrogen and oxygen atoms in total. The van der Waals surface area contributed by atoms with Crippen LogP contribution < -0.4 is 5.32 Å². The molecule has 0 fully saturated rings. The molecule has 0 aliphatic carbocycles. The van der Waals surface area contributed by atoms with Gasteiger partial charge >= 0.3 is 0 Å². The Balaban J connectivity index is 2.07. The molecule has 0 heterocycles. The van der Waals surface area contributed by atoms with Crippen LogP contribution in [0.15, 0.2) is 60.7 Å². The quantitative estimate of drug-likeness (QED) is 0.751. The van der Waals surface area contributed by atoms with Gasteiger partial charge in [0.25, 0.3) is 0 Å². The molecule has 2 aromatic carbocycles. The minimum atomic E-state index is -1.48. The van der Waals surface area contributed by atoms with Gasteiger partial charge in [0.1, 0.15) is 0 Å². The second-order valence-corrected chi connectivity index (χ2v) is 12.7. The summed E-state index contributed by atoms with van der Waals surface area (Å²) in [6.07, 6.45) is 0.566. The van der Waals surface area contributed by atoms with Crippen molar-refractivity contribution in [2.45, 2.75) is 44.6 Å². The summed E-state index contributed by atoms with van der Waals surface area (Å²) in [5, 5.41) is 3.15. The van der Waals surface area contributed by atoms with Gasteiger partial charge in [-0.15, -0.1) is 0 Å². The molecule has 0 spiro atoms. The van der Waals surface area contributed by atoms with Crippen molar-refractivity contribution < 1.29 is 4.79 Å². The highest BCUT2D eigenvalue weighted by Gasteiger charge is 2.30. The molecule has 0 aromatic heterocycles. The van der Waals surface area contributed by atoms with Crippen LogP contribution in [-0.2, 0) is 4.79 Å². The summed E-state index contributed by atoms with van der Waals surface area (Å²) in [5.41, 5.74) is 2.77. The van der Waals surface area contributed by atoms with Crippen molar-refractivity contribution in [1.29, 1.82) is 0 Å². The molecule has 1 N–H and O–H groups in total. The molecular formula is C20H27NOSi. The molecule has 0 saturated carbocycles. The van der Waals surface area contributed by atoms with Crippen molar-refractivity contribution >= 4 is 14.0 Å². The van der Waals surface area contributed by atoms with Gasteiger partial charge in [-0.1, -0.05) is 80.3 Å². The number of amides is 1. The van der Waals surface area contributed by atoms with Gasteiger partial charge in [-0.2, -0.15) is 0 Å². The van der Waals surface area contributed by atoms with Crippen LogP contribution in [0.1, 0.15) is 36.1 Å². The zero-order chi connectivity index (χ0) is 16.9. The zero-order valence-corrected chi connectivity index (χ0v) is 15.5. The summed E-state index contributed by atoms with van der Waals surface area (Å²) in [7, 11) is -1.48. The minimum Gasteiger partial charge on any atom is -0.350 e. The van der Waals surface area contributed by atoms with Gasteiger partial charge in [0.05, 0.1) is 14.1 Å². The number of benzene rings is 2. The van der Waals surface area contributed by atoms with Crippen LogP contribution in [0.3, 0.4) is 0 Å². The lowest BCUT2D eigenvalue weighted by molar-refractivity contribution is -0.121. The molecule has 3 heteroatoms. The molecule has 0 aliphatic heterocycles. The summed E-state index contributed by atoms with van der Waals surface area (Å²) in [6, 6.07) is 20.6. The molecule has 2 aromatic rings. The fraction of sp³-hybridized carbons (Fsp3) is 0.350. The lowest BCUT2D eigenvalue weighted by Crippen LogP contribution is -2.36. The fourth-order valence-corrected chi connectivity index (χ4v) is 4.91. The predicted molar refractivity (Wildman–Crippen MR) is 100 cm³/mol. The Kier molecular flexibility index (Phi) is 5.78. The SMILES string of the molecule is C[C@H](NC(=O)C[C@H](c1ccccc1)[Si](C)(C)C)c1ccccc1. The number of carbonyl (C=O) groups is 1. The zero-order valence-electron chi connectivity index (χ0n) is 14.5. The smallest absolute Gasteiger partial charge is 0.220 e. The molecule has 23 heavy (non-hydrogen) atoms. The normalized spacial score (nSPS) is 14.1. The van der Waals surface area contributed by atoms with E-state index in [2.05, 4.69) is 61.4 Å². The summed E-state index contributed by atoms with van der Waals surface area (Å²) in [6.45, 7) is 9.04. The Morgan fingerprint density at radius 3 is 1.87 bits per heavy atom. The lowest BCUT2D eigenvalue weighted by atomic mass is 10.1. The highest BCUT2D eigenvalue weighted by molar-refractivity contribution is 6.77. The van der Waals surface area contributed by atoms with E-state index in [1.54, 1.807) is 0 Å². The Morgan fingerprint density at radius 1 is 0.913 bits per heavy atom. The molecule has 2 atom stereocenters. The molecule has 0 saturated heterocycles. The highest BCUT2D eigenvalue weighted by Crippen LogP contribution is 2.30. The molecule has 0 bridgehead atoms. The molecular weight excluding hydrogens is 298 g/mol. The van der Waals surface area contributed by atoms with E-state index < -0.39 is 8.07 Å². The van der Waals surface area contributed by atoms with Crippen molar-refractivity contribution in [2.75, 3.05) is 0 Å². The third kappa shape index (κ3) is 5.07. The van der Waals surface area contributed by atoms with Gasteiger partial charge < -0.3 is 5.32 Å². The lowest BCUT2D eigenvalue weighted by Gasteiger charge is -2.29. The maximum Gasteiger partial charge on any atom is 0.220 e. The van der Waals surface area contributed by atoms with Crippen LogP contribution in [0, 0.1) is 0 Å². The van der Waals surface area contributed by atoms with Gasteiger partial charge in [0, 0.05) is 6.42 Å². The third-order valence-corrected chi connectivity index (χ3v) is 6.94. The first-order valence-corrected chi connectivity index (χ1v) is 11.8. The number of carbonyl (C=O) groups excluding carboxylic acids is 1. The van der Waals surface area contributed by atoms with E-state index in [4.69, 9.17) is 0 Å². The second kappa shape index (κ2) is 7.60. The first kappa shape index (κ1) is 17.5. The van der Waals surface area contributed by atoms with Crippen molar-refractivity contribution in [3.8, 4) is 0 Å². The standard InChI is InChI=1S/C20H27NOSi/c1-16(17-11-7-5-8-12-17)21-20(22)15-19(23(2,3)4)18-13-9-6-10-14-18/h5-14,16,19H,15H2,1-4H3,(H,21,22)/t16-,19+/m0/s1. The van der Waals surface area contributed by atoms with Crippen molar-refractivity contribution in [3.63, 3.8) is 0 Å². The minimum absolute atomic E-state index is 0.0433. The number of hydrogen-bond donors (Lipinski definition) is 1. The summed E-state index contributed by atoms with van der Waals surface area (Å²) < 4.78 is 0. The van der Waals surface area contributed by atoms with E-state index in [1.165, 1.54) is 5.56 Å². The van der Waals surface area contributed by atoms with Gasteiger partial charge in [0.2, 0.25) is 5.91 Å². The van der Waals surface area contributed by atoms with Crippen LogP contribution in [0.4, 0.5) is 0 Å².